The zero-order valence-electron chi connectivity index (χ0n) is 16.0. The molecule has 0 aliphatic carbocycles. The summed E-state index contributed by atoms with van der Waals surface area (Å²) in [5.41, 5.74) is 3.23. The van der Waals surface area contributed by atoms with E-state index >= 15 is 0 Å². The lowest BCUT2D eigenvalue weighted by Crippen LogP contribution is -2.47. The van der Waals surface area contributed by atoms with Crippen LogP contribution in [-0.4, -0.2) is 66.6 Å². The van der Waals surface area contributed by atoms with Crippen LogP contribution in [0.15, 0.2) is 29.4 Å². The number of thioether (sulfide) groups is 1. The van der Waals surface area contributed by atoms with Gasteiger partial charge in [-0.05, 0) is 32.0 Å². The van der Waals surface area contributed by atoms with E-state index in [1.165, 1.54) is 0 Å². The summed E-state index contributed by atoms with van der Waals surface area (Å²) in [6, 6.07) is 8.19. The number of aromatic nitrogens is 2. The van der Waals surface area contributed by atoms with Gasteiger partial charge >= 0.3 is 0 Å². The van der Waals surface area contributed by atoms with Crippen LogP contribution < -0.4 is 14.4 Å². The van der Waals surface area contributed by atoms with Gasteiger partial charge in [0, 0.05) is 49.9 Å². The monoisotopic (exact) mass is 386 g/mol. The fourth-order valence-electron chi connectivity index (χ4n) is 3.54. The zero-order chi connectivity index (χ0) is 18.6. The Kier molecular flexibility index (Phi) is 5.69. The van der Waals surface area contributed by atoms with E-state index in [4.69, 9.17) is 9.47 Å². The highest BCUT2D eigenvalue weighted by atomic mass is 32.2. The summed E-state index contributed by atoms with van der Waals surface area (Å²) in [7, 11) is 0. The first-order chi connectivity index (χ1) is 13.2. The van der Waals surface area contributed by atoms with Crippen molar-refractivity contribution >= 4 is 17.4 Å². The third-order valence-corrected chi connectivity index (χ3v) is 5.69. The number of fused-ring (bicyclic) bond motifs is 1. The lowest BCUT2D eigenvalue weighted by Gasteiger charge is -2.37. The molecule has 2 aliphatic heterocycles. The standard InChI is InChI=1S/C20H26N4O2S/c1-15-14-16(2)22-20(21-15)27-13-10-23-6-8-24(9-7-23)17-4-3-5-18-19(17)26-12-11-25-18/h3-5,14H,6-13H2,1-2H3. The smallest absolute Gasteiger partial charge is 0.188 e. The molecule has 27 heavy (non-hydrogen) atoms. The average molecular weight is 387 g/mol. The van der Waals surface area contributed by atoms with Crippen LogP contribution in [0.25, 0.3) is 0 Å². The van der Waals surface area contributed by atoms with Crippen molar-refractivity contribution in [2.45, 2.75) is 19.0 Å². The molecule has 0 amide bonds. The van der Waals surface area contributed by atoms with Crippen molar-refractivity contribution in [2.75, 3.05) is 56.6 Å². The lowest BCUT2D eigenvalue weighted by molar-refractivity contribution is 0.171. The molecule has 1 saturated heterocycles. The number of hydrogen-bond acceptors (Lipinski definition) is 7. The minimum absolute atomic E-state index is 0.627. The molecule has 0 bridgehead atoms. The van der Waals surface area contributed by atoms with Crippen LogP contribution in [0.4, 0.5) is 5.69 Å². The highest BCUT2D eigenvalue weighted by Crippen LogP contribution is 2.39. The van der Waals surface area contributed by atoms with E-state index in [9.17, 15) is 0 Å². The second-order valence-corrected chi connectivity index (χ2v) is 7.97. The molecule has 0 unspecified atom stereocenters. The quantitative estimate of drug-likeness (QED) is 0.578. The van der Waals surface area contributed by atoms with Crippen molar-refractivity contribution < 1.29 is 9.47 Å². The van der Waals surface area contributed by atoms with Crippen LogP contribution in [0.1, 0.15) is 11.4 Å². The van der Waals surface area contributed by atoms with Gasteiger partial charge in [0.05, 0.1) is 5.69 Å². The summed E-state index contributed by atoms with van der Waals surface area (Å²) >= 11 is 1.74. The molecule has 1 aromatic carbocycles. The Morgan fingerprint density at radius 1 is 1.00 bits per heavy atom. The maximum Gasteiger partial charge on any atom is 0.188 e. The molecule has 0 atom stereocenters. The maximum atomic E-state index is 5.87. The van der Waals surface area contributed by atoms with Gasteiger partial charge in [0.1, 0.15) is 13.2 Å². The zero-order valence-corrected chi connectivity index (χ0v) is 16.8. The minimum atomic E-state index is 0.627. The molecule has 3 heterocycles. The maximum absolute atomic E-state index is 5.87. The predicted octanol–water partition coefficient (Wildman–Crippen LogP) is 2.78. The second-order valence-electron chi connectivity index (χ2n) is 6.91. The van der Waals surface area contributed by atoms with Crippen LogP contribution in [0.5, 0.6) is 11.5 Å². The number of benzene rings is 1. The third kappa shape index (κ3) is 4.47. The number of para-hydroxylation sites is 1. The molecule has 0 N–H and O–H groups in total. The summed E-state index contributed by atoms with van der Waals surface area (Å²) in [5, 5.41) is 0.888. The second kappa shape index (κ2) is 8.35. The fraction of sp³-hybridized carbons (Fsp3) is 0.500. The summed E-state index contributed by atoms with van der Waals surface area (Å²) < 4.78 is 11.6. The predicted molar refractivity (Wildman–Crippen MR) is 108 cm³/mol. The SMILES string of the molecule is Cc1cc(C)nc(SCCN2CCN(c3cccc4c3OCCO4)CC2)n1. The molecule has 6 nitrogen and oxygen atoms in total. The average Bonchev–Trinajstić information content (AvgIpc) is 2.67. The summed E-state index contributed by atoms with van der Waals surface area (Å²) in [6.07, 6.45) is 0. The van der Waals surface area contributed by atoms with Gasteiger partial charge in [-0.3, -0.25) is 4.90 Å². The van der Waals surface area contributed by atoms with Crippen LogP contribution in [0.2, 0.25) is 0 Å². The van der Waals surface area contributed by atoms with Gasteiger partial charge in [0.15, 0.2) is 16.7 Å². The number of piperazine rings is 1. The molecule has 0 radical (unpaired) electrons. The number of nitrogens with zero attached hydrogens (tertiary/aromatic N) is 4. The summed E-state index contributed by atoms with van der Waals surface area (Å²) in [5.74, 6) is 2.78. The molecule has 1 aromatic heterocycles. The normalized spacial score (nSPS) is 17.2. The number of anilines is 1. The first-order valence-electron chi connectivity index (χ1n) is 9.50. The van der Waals surface area contributed by atoms with Crippen molar-refractivity contribution in [2.24, 2.45) is 0 Å². The number of ether oxygens (including phenoxy) is 2. The van der Waals surface area contributed by atoms with E-state index in [1.807, 2.05) is 26.0 Å². The van der Waals surface area contributed by atoms with E-state index in [1.54, 1.807) is 11.8 Å². The van der Waals surface area contributed by atoms with E-state index < -0.39 is 0 Å². The molecule has 0 spiro atoms. The Balaban J connectivity index is 1.28. The minimum Gasteiger partial charge on any atom is -0.486 e. The molecule has 2 aromatic rings. The number of rotatable bonds is 5. The Hall–Kier alpha value is -1.99. The molecule has 1 fully saturated rings. The van der Waals surface area contributed by atoms with Crippen molar-refractivity contribution in [1.29, 1.82) is 0 Å². The van der Waals surface area contributed by atoms with Crippen LogP contribution in [-0.2, 0) is 0 Å². The van der Waals surface area contributed by atoms with Crippen molar-refractivity contribution in [3.63, 3.8) is 0 Å². The van der Waals surface area contributed by atoms with Crippen molar-refractivity contribution in [1.82, 2.24) is 14.9 Å². The highest BCUT2D eigenvalue weighted by Gasteiger charge is 2.23. The van der Waals surface area contributed by atoms with Gasteiger partial charge in [-0.25, -0.2) is 9.97 Å². The van der Waals surface area contributed by atoms with Crippen LogP contribution in [0, 0.1) is 13.8 Å². The van der Waals surface area contributed by atoms with Gasteiger partial charge in [-0.1, -0.05) is 17.8 Å². The van der Waals surface area contributed by atoms with Crippen LogP contribution >= 0.6 is 11.8 Å². The van der Waals surface area contributed by atoms with Gasteiger partial charge in [-0.15, -0.1) is 0 Å². The van der Waals surface area contributed by atoms with E-state index in [-0.39, 0.29) is 0 Å². The van der Waals surface area contributed by atoms with Gasteiger partial charge in [0.25, 0.3) is 0 Å². The number of hydrogen-bond donors (Lipinski definition) is 0. The summed E-state index contributed by atoms with van der Waals surface area (Å²) in [4.78, 5) is 13.9. The molecule has 0 saturated carbocycles. The molecule has 4 rings (SSSR count). The van der Waals surface area contributed by atoms with Crippen LogP contribution in [0.3, 0.4) is 0 Å². The Bertz CT molecular complexity index is 773. The van der Waals surface area contributed by atoms with E-state index in [2.05, 4.69) is 31.9 Å². The molecular formula is C20H26N4O2S. The van der Waals surface area contributed by atoms with Crippen molar-refractivity contribution in [3.05, 3.63) is 35.7 Å². The first kappa shape index (κ1) is 18.4. The topological polar surface area (TPSA) is 50.7 Å². The molecule has 2 aliphatic rings. The summed E-state index contributed by atoms with van der Waals surface area (Å²) in [6.45, 7) is 10.5. The fourth-order valence-corrected chi connectivity index (χ4v) is 4.49. The third-order valence-electron chi connectivity index (χ3n) is 4.86. The molecular weight excluding hydrogens is 360 g/mol. The molecule has 144 valence electrons. The largest absolute Gasteiger partial charge is 0.486 e. The Labute approximate surface area is 164 Å². The Morgan fingerprint density at radius 2 is 1.74 bits per heavy atom. The van der Waals surface area contributed by atoms with Gasteiger partial charge in [-0.2, -0.15) is 0 Å². The molecule has 7 heteroatoms. The van der Waals surface area contributed by atoms with Gasteiger partial charge < -0.3 is 14.4 Å². The number of aryl methyl sites for hydroxylation is 2. The van der Waals surface area contributed by atoms with Crippen molar-refractivity contribution in [3.8, 4) is 11.5 Å². The van der Waals surface area contributed by atoms with Gasteiger partial charge in [0.2, 0.25) is 0 Å². The lowest BCUT2D eigenvalue weighted by atomic mass is 10.2. The van der Waals surface area contributed by atoms with E-state index in [0.717, 1.165) is 72.2 Å². The van der Waals surface area contributed by atoms with E-state index in [0.29, 0.717) is 13.2 Å². The first-order valence-corrected chi connectivity index (χ1v) is 10.5. The highest BCUT2D eigenvalue weighted by molar-refractivity contribution is 7.99. The Morgan fingerprint density at radius 3 is 2.52 bits per heavy atom.